The highest BCUT2D eigenvalue weighted by Gasteiger charge is 2.18. The van der Waals surface area contributed by atoms with Gasteiger partial charge in [0.2, 0.25) is 0 Å². The summed E-state index contributed by atoms with van der Waals surface area (Å²) in [6.45, 7) is 1.16. The van der Waals surface area contributed by atoms with Crippen molar-refractivity contribution in [2.75, 3.05) is 18.5 Å². The Bertz CT molecular complexity index is 1470. The van der Waals surface area contributed by atoms with E-state index < -0.39 is 17.2 Å². The zero-order valence-electron chi connectivity index (χ0n) is 20.2. The zero-order valence-corrected chi connectivity index (χ0v) is 20.2. The van der Waals surface area contributed by atoms with Crippen LogP contribution in [0.15, 0.2) is 83.8 Å². The van der Waals surface area contributed by atoms with Crippen LogP contribution in [0, 0.1) is 11.6 Å². The summed E-state index contributed by atoms with van der Waals surface area (Å²) in [6, 6.07) is 17.2. The molecule has 0 spiro atoms. The third-order valence-electron chi connectivity index (χ3n) is 5.99. The first-order valence-electron chi connectivity index (χ1n) is 12.0. The van der Waals surface area contributed by atoms with Gasteiger partial charge < -0.3 is 20.1 Å². The first kappa shape index (κ1) is 25.1. The molecule has 1 amide bonds. The molecule has 38 heavy (non-hydrogen) atoms. The summed E-state index contributed by atoms with van der Waals surface area (Å²) < 4.78 is 39.2. The molecular weight excluding hydrogens is 494 g/mol. The lowest BCUT2D eigenvalue weighted by atomic mass is 10.1. The highest BCUT2D eigenvalue weighted by atomic mass is 19.1. The van der Waals surface area contributed by atoms with Gasteiger partial charge in [-0.25, -0.2) is 8.78 Å². The molecule has 4 aromatic rings. The first-order chi connectivity index (χ1) is 18.5. The Kier molecular flexibility index (Phi) is 7.41. The van der Waals surface area contributed by atoms with Crippen LogP contribution in [-0.2, 0) is 4.74 Å². The maximum atomic E-state index is 13.4. The van der Waals surface area contributed by atoms with E-state index in [0.29, 0.717) is 35.8 Å². The van der Waals surface area contributed by atoms with Gasteiger partial charge in [-0.15, -0.1) is 0 Å². The molecule has 0 aliphatic carbocycles. The van der Waals surface area contributed by atoms with E-state index >= 15 is 0 Å². The Morgan fingerprint density at radius 2 is 1.68 bits per heavy atom. The Labute approximate surface area is 216 Å². The van der Waals surface area contributed by atoms with Gasteiger partial charge in [-0.1, -0.05) is 0 Å². The molecule has 0 bridgehead atoms. The second kappa shape index (κ2) is 11.2. The Hall–Kier alpha value is -4.57. The quantitative estimate of drug-likeness (QED) is 0.343. The zero-order chi connectivity index (χ0) is 26.5. The largest absolute Gasteiger partial charge is 0.453 e. The van der Waals surface area contributed by atoms with Crippen molar-refractivity contribution in [3.8, 4) is 17.2 Å². The molecule has 10 heteroatoms. The minimum absolute atomic E-state index is 0.0365. The van der Waals surface area contributed by atoms with E-state index in [-0.39, 0.29) is 23.4 Å². The van der Waals surface area contributed by atoms with Crippen molar-refractivity contribution in [3.05, 3.63) is 107 Å². The van der Waals surface area contributed by atoms with Gasteiger partial charge in [-0.2, -0.15) is 9.78 Å². The first-order valence-corrected chi connectivity index (χ1v) is 12.0. The summed E-state index contributed by atoms with van der Waals surface area (Å²) in [5.74, 6) is -0.710. The van der Waals surface area contributed by atoms with Crippen LogP contribution >= 0.6 is 0 Å². The average molecular weight is 519 g/mol. The number of aromatic nitrogens is 2. The van der Waals surface area contributed by atoms with Gasteiger partial charge in [0, 0.05) is 24.4 Å². The lowest BCUT2D eigenvalue weighted by Crippen LogP contribution is -2.31. The van der Waals surface area contributed by atoms with E-state index in [1.54, 1.807) is 24.3 Å². The van der Waals surface area contributed by atoms with E-state index in [1.165, 1.54) is 54.7 Å². The molecule has 1 aromatic heterocycles. The summed E-state index contributed by atoms with van der Waals surface area (Å²) in [7, 11) is 0. The van der Waals surface area contributed by atoms with Crippen LogP contribution in [0.2, 0.25) is 0 Å². The summed E-state index contributed by atoms with van der Waals surface area (Å²) in [6.07, 6.45) is 3.29. The number of benzene rings is 3. The number of carbonyl (C=O) groups is 1. The Balaban J connectivity index is 1.41. The fraction of sp³-hybridized carbons (Fsp3) is 0.179. The van der Waals surface area contributed by atoms with Crippen LogP contribution in [0.1, 0.15) is 23.2 Å². The highest BCUT2D eigenvalue weighted by molar-refractivity contribution is 5.94. The van der Waals surface area contributed by atoms with Gasteiger partial charge in [-0.3, -0.25) is 9.59 Å². The molecule has 3 aromatic carbocycles. The number of carbonyl (C=O) groups excluding carboxylic acids is 1. The van der Waals surface area contributed by atoms with Crippen LogP contribution in [0.5, 0.6) is 11.5 Å². The molecule has 0 radical (unpaired) electrons. The van der Waals surface area contributed by atoms with Gasteiger partial charge in [0.05, 0.1) is 18.0 Å². The van der Waals surface area contributed by atoms with Crippen LogP contribution in [0.3, 0.4) is 0 Å². The van der Waals surface area contributed by atoms with E-state index in [4.69, 9.17) is 9.47 Å². The second-order valence-corrected chi connectivity index (χ2v) is 8.68. The lowest BCUT2D eigenvalue weighted by Gasteiger charge is -2.15. The van der Waals surface area contributed by atoms with Crippen LogP contribution < -0.4 is 20.9 Å². The van der Waals surface area contributed by atoms with E-state index in [1.807, 2.05) is 0 Å². The molecule has 2 heterocycles. The Morgan fingerprint density at radius 3 is 2.34 bits per heavy atom. The third-order valence-corrected chi connectivity index (χ3v) is 5.99. The summed E-state index contributed by atoms with van der Waals surface area (Å²) >= 11 is 0. The molecule has 1 aliphatic heterocycles. The van der Waals surface area contributed by atoms with E-state index in [2.05, 4.69) is 15.7 Å². The van der Waals surface area contributed by atoms with Gasteiger partial charge in [0.25, 0.3) is 11.5 Å². The number of nitrogens with one attached hydrogen (secondary N) is 2. The van der Waals surface area contributed by atoms with E-state index in [0.717, 1.165) is 17.5 Å². The maximum Gasteiger partial charge on any atom is 0.299 e. The van der Waals surface area contributed by atoms with Gasteiger partial charge >= 0.3 is 0 Å². The number of hydrogen-bond acceptors (Lipinski definition) is 6. The molecule has 194 valence electrons. The topological polar surface area (TPSA) is 94.5 Å². The molecule has 2 N–H and O–H groups in total. The smallest absolute Gasteiger partial charge is 0.299 e. The monoisotopic (exact) mass is 518 g/mol. The van der Waals surface area contributed by atoms with Crippen LogP contribution in [0.25, 0.3) is 5.69 Å². The molecule has 1 saturated heterocycles. The summed E-state index contributed by atoms with van der Waals surface area (Å²) in [5, 5.41) is 10.1. The predicted molar refractivity (Wildman–Crippen MR) is 137 cm³/mol. The average Bonchev–Trinajstić information content (AvgIpc) is 3.45. The van der Waals surface area contributed by atoms with Crippen molar-refractivity contribution in [1.29, 1.82) is 0 Å². The molecule has 1 fully saturated rings. The van der Waals surface area contributed by atoms with Gasteiger partial charge in [-0.05, 0) is 85.6 Å². The maximum absolute atomic E-state index is 13.4. The molecule has 8 nitrogen and oxygen atoms in total. The number of rotatable bonds is 8. The van der Waals surface area contributed by atoms with Gasteiger partial charge in [0.15, 0.2) is 11.4 Å². The SMILES string of the molecule is O=C(NCC1CCCO1)c1ccc(Nc2c(Oc3ccc(F)cc3)cnn(-c3ccc(F)cc3)c2=O)cc1. The van der Waals surface area contributed by atoms with Crippen molar-refractivity contribution in [3.63, 3.8) is 0 Å². The summed E-state index contributed by atoms with van der Waals surface area (Å²) in [5.41, 5.74) is 0.804. The number of amides is 1. The van der Waals surface area contributed by atoms with Crippen molar-refractivity contribution in [2.45, 2.75) is 18.9 Å². The van der Waals surface area contributed by atoms with Gasteiger partial charge in [0.1, 0.15) is 17.4 Å². The number of anilines is 2. The minimum Gasteiger partial charge on any atom is -0.453 e. The van der Waals surface area contributed by atoms with Crippen molar-refractivity contribution < 1.29 is 23.0 Å². The van der Waals surface area contributed by atoms with Crippen LogP contribution in [0.4, 0.5) is 20.2 Å². The summed E-state index contributed by atoms with van der Waals surface area (Å²) in [4.78, 5) is 25.9. The molecule has 1 atom stereocenters. The third kappa shape index (κ3) is 5.87. The number of hydrogen-bond donors (Lipinski definition) is 2. The number of halogens is 2. The standard InChI is InChI=1S/C28H24F2N4O4/c29-19-5-11-22(12-6-19)34-28(36)26(25(17-32-34)38-23-13-7-20(30)8-14-23)33-21-9-3-18(4-10-21)27(35)31-16-24-2-1-15-37-24/h3-14,17,24,33H,1-2,15-16H2,(H,31,35). The Morgan fingerprint density at radius 1 is 1.00 bits per heavy atom. The van der Waals surface area contributed by atoms with E-state index in [9.17, 15) is 18.4 Å². The molecular formula is C28H24F2N4O4. The van der Waals surface area contributed by atoms with Crippen molar-refractivity contribution in [1.82, 2.24) is 15.1 Å². The number of nitrogens with zero attached hydrogens (tertiary/aromatic N) is 2. The predicted octanol–water partition coefficient (Wildman–Crippen LogP) is 4.96. The fourth-order valence-corrected chi connectivity index (χ4v) is 3.99. The lowest BCUT2D eigenvalue weighted by molar-refractivity contribution is 0.0858. The highest BCUT2D eigenvalue weighted by Crippen LogP contribution is 2.29. The number of ether oxygens (including phenoxy) is 2. The molecule has 1 unspecified atom stereocenters. The minimum atomic E-state index is -0.561. The normalized spacial score (nSPS) is 14.7. The van der Waals surface area contributed by atoms with Crippen molar-refractivity contribution in [2.24, 2.45) is 0 Å². The molecule has 0 saturated carbocycles. The van der Waals surface area contributed by atoms with Crippen molar-refractivity contribution >= 4 is 17.3 Å². The van der Waals surface area contributed by atoms with Crippen LogP contribution in [-0.4, -0.2) is 34.9 Å². The fourth-order valence-electron chi connectivity index (χ4n) is 3.99. The molecule has 1 aliphatic rings. The molecule has 5 rings (SSSR count). The second-order valence-electron chi connectivity index (χ2n) is 8.68.